The zero-order valence-corrected chi connectivity index (χ0v) is 16.8. The lowest BCUT2D eigenvalue weighted by molar-refractivity contribution is -0.135. The van der Waals surface area contributed by atoms with Gasteiger partial charge >= 0.3 is 12.2 Å². The number of nitrogens with zero attached hydrogens (tertiary/aromatic N) is 4. The number of rotatable bonds is 5. The molecule has 11 heteroatoms. The smallest absolute Gasteiger partial charge is 0.389 e. The molecule has 3 rings (SSSR count). The molecule has 0 amide bonds. The summed E-state index contributed by atoms with van der Waals surface area (Å²) < 4.78 is 45.7. The highest BCUT2D eigenvalue weighted by molar-refractivity contribution is 9.11. The predicted molar refractivity (Wildman–Crippen MR) is 97.5 cm³/mol. The van der Waals surface area contributed by atoms with Crippen LogP contribution in [0.15, 0.2) is 33.6 Å². The van der Waals surface area contributed by atoms with E-state index in [4.69, 9.17) is 16.3 Å². The highest BCUT2D eigenvalue weighted by Crippen LogP contribution is 2.36. The third kappa shape index (κ3) is 4.66. The Morgan fingerprint density at radius 1 is 1.15 bits per heavy atom. The van der Waals surface area contributed by atoms with Crippen LogP contribution in [0.3, 0.4) is 0 Å². The Morgan fingerprint density at radius 2 is 1.85 bits per heavy atom. The number of hydrogen-bond donors (Lipinski definition) is 0. The molecule has 5 nitrogen and oxygen atoms in total. The van der Waals surface area contributed by atoms with Crippen LogP contribution < -0.4 is 4.74 Å². The molecule has 1 aromatic carbocycles. The van der Waals surface area contributed by atoms with E-state index in [1.165, 1.54) is 17.1 Å². The van der Waals surface area contributed by atoms with Crippen molar-refractivity contribution in [2.45, 2.75) is 25.6 Å². The van der Waals surface area contributed by atoms with E-state index in [1.54, 1.807) is 12.1 Å². The molecule has 0 N–H and O–H groups in total. The minimum atomic E-state index is -4.21. The number of aromatic nitrogens is 4. The van der Waals surface area contributed by atoms with Gasteiger partial charge in [-0.15, -0.1) is 0 Å². The van der Waals surface area contributed by atoms with Crippen LogP contribution in [0.1, 0.15) is 12.8 Å². The molecule has 3 aromatic rings. The van der Waals surface area contributed by atoms with Crippen LogP contribution in [-0.4, -0.2) is 25.9 Å². The third-order valence-corrected chi connectivity index (χ3v) is 4.60. The average Bonchev–Trinajstić information content (AvgIpc) is 2.85. The maximum Gasteiger partial charge on any atom is 0.389 e. The summed E-state index contributed by atoms with van der Waals surface area (Å²) in [6.45, 7) is 0.0844. The zero-order valence-electron chi connectivity index (χ0n) is 12.9. The normalized spacial score (nSPS) is 11.9. The summed E-state index contributed by atoms with van der Waals surface area (Å²) >= 11 is 12.5. The van der Waals surface area contributed by atoms with Crippen molar-refractivity contribution in [1.82, 2.24) is 19.7 Å². The first-order valence-electron chi connectivity index (χ1n) is 7.30. The lowest BCUT2D eigenvalue weighted by Crippen LogP contribution is -2.10. The Hall–Kier alpha value is -1.39. The summed E-state index contributed by atoms with van der Waals surface area (Å²) in [6.07, 6.45) is -2.43. The first-order chi connectivity index (χ1) is 12.2. The molecule has 138 valence electrons. The molecule has 0 aliphatic carbocycles. The number of alkyl halides is 3. The quantitative estimate of drug-likeness (QED) is 0.411. The topological polar surface area (TPSA) is 52.8 Å². The van der Waals surface area contributed by atoms with Crippen LogP contribution >= 0.6 is 43.5 Å². The second kappa shape index (κ2) is 7.69. The molecule has 2 aromatic heterocycles. The molecule has 0 radical (unpaired) electrons. The molecular formula is C15H10Br2ClF3N4O. The molecule has 0 atom stereocenters. The van der Waals surface area contributed by atoms with Crippen LogP contribution in [-0.2, 0) is 6.54 Å². The van der Waals surface area contributed by atoms with Crippen LogP contribution in [0.5, 0.6) is 11.8 Å². The van der Waals surface area contributed by atoms with Crippen molar-refractivity contribution in [1.29, 1.82) is 0 Å². The van der Waals surface area contributed by atoms with E-state index in [9.17, 15) is 13.2 Å². The van der Waals surface area contributed by atoms with E-state index in [0.29, 0.717) is 30.8 Å². The molecule has 0 saturated heterocycles. The predicted octanol–water partition coefficient (Wildman–Crippen LogP) is 6.14. The molecule has 0 aliphatic heterocycles. The van der Waals surface area contributed by atoms with Gasteiger partial charge in [-0.2, -0.15) is 18.3 Å². The van der Waals surface area contributed by atoms with Gasteiger partial charge in [-0.05, 0) is 34.5 Å². The summed E-state index contributed by atoms with van der Waals surface area (Å²) in [5.41, 5.74) is 0.542. The summed E-state index contributed by atoms with van der Waals surface area (Å²) in [4.78, 5) is 7.94. The summed E-state index contributed by atoms with van der Waals surface area (Å²) in [7, 11) is 0. The monoisotopic (exact) mass is 512 g/mol. The molecule has 2 heterocycles. The van der Waals surface area contributed by atoms with Crippen molar-refractivity contribution >= 4 is 54.4 Å². The van der Waals surface area contributed by atoms with Crippen molar-refractivity contribution < 1.29 is 17.9 Å². The van der Waals surface area contributed by atoms with Gasteiger partial charge in [0, 0.05) is 22.8 Å². The first kappa shape index (κ1) is 19.4. The van der Waals surface area contributed by atoms with Gasteiger partial charge < -0.3 is 4.74 Å². The Bertz CT molecular complexity index is 931. The Balaban J connectivity index is 1.97. The van der Waals surface area contributed by atoms with Gasteiger partial charge in [-0.3, -0.25) is 4.68 Å². The summed E-state index contributed by atoms with van der Waals surface area (Å²) in [5.74, 6) is 0.363. The number of hydrogen-bond acceptors (Lipinski definition) is 4. The van der Waals surface area contributed by atoms with Crippen LogP contribution in [0.2, 0.25) is 5.02 Å². The van der Waals surface area contributed by atoms with Gasteiger partial charge in [0.15, 0.2) is 5.75 Å². The number of ether oxygens (including phenoxy) is 1. The zero-order chi connectivity index (χ0) is 18.9. The lowest BCUT2D eigenvalue weighted by Gasteiger charge is -2.10. The van der Waals surface area contributed by atoms with E-state index in [0.717, 1.165) is 0 Å². The maximum absolute atomic E-state index is 12.4. The second-order valence-corrected chi connectivity index (χ2v) is 7.42. The van der Waals surface area contributed by atoms with E-state index < -0.39 is 12.6 Å². The Morgan fingerprint density at radius 3 is 2.50 bits per heavy atom. The highest BCUT2D eigenvalue weighted by Gasteiger charge is 2.26. The molecule has 26 heavy (non-hydrogen) atoms. The molecule has 0 aliphatic rings. The number of benzene rings is 1. The lowest BCUT2D eigenvalue weighted by atomic mass is 10.2. The van der Waals surface area contributed by atoms with Crippen LogP contribution in [0.4, 0.5) is 13.2 Å². The van der Waals surface area contributed by atoms with E-state index in [2.05, 4.69) is 46.9 Å². The second-order valence-electron chi connectivity index (χ2n) is 5.32. The molecule has 0 spiro atoms. The highest BCUT2D eigenvalue weighted by atomic mass is 79.9. The standard InChI is InChI=1S/C15H10Br2ClF3N4O/c16-8-4-10-12(11(5-8)26-14-22-6-9(18)7-23-14)25(24-13(10)17)3-1-2-15(19,20)21/h4-7H,1-3H2. The fraction of sp³-hybridized carbons (Fsp3) is 0.267. The van der Waals surface area contributed by atoms with Gasteiger partial charge in [-0.25, -0.2) is 9.97 Å². The van der Waals surface area contributed by atoms with Crippen molar-refractivity contribution in [2.24, 2.45) is 0 Å². The molecule has 0 unspecified atom stereocenters. The summed E-state index contributed by atoms with van der Waals surface area (Å²) in [5, 5.41) is 5.32. The summed E-state index contributed by atoms with van der Waals surface area (Å²) in [6, 6.07) is 3.53. The Labute approximate surface area is 167 Å². The van der Waals surface area contributed by atoms with Crippen molar-refractivity contribution in [3.05, 3.63) is 38.6 Å². The molecule has 0 fully saturated rings. The molecule has 0 saturated carbocycles. The van der Waals surface area contributed by atoms with Crippen LogP contribution in [0, 0.1) is 0 Å². The molecule has 0 bridgehead atoms. The van der Waals surface area contributed by atoms with Gasteiger partial charge in [0.2, 0.25) is 0 Å². The van der Waals surface area contributed by atoms with Crippen molar-refractivity contribution in [3.8, 4) is 11.8 Å². The fourth-order valence-corrected chi connectivity index (χ4v) is 3.36. The van der Waals surface area contributed by atoms with E-state index in [-0.39, 0.29) is 19.0 Å². The minimum absolute atomic E-state index is 0.0629. The van der Waals surface area contributed by atoms with Gasteiger partial charge in [0.05, 0.1) is 17.4 Å². The van der Waals surface area contributed by atoms with Crippen LogP contribution in [0.25, 0.3) is 10.9 Å². The average molecular weight is 515 g/mol. The maximum atomic E-state index is 12.4. The van der Waals surface area contributed by atoms with E-state index >= 15 is 0 Å². The molecular weight excluding hydrogens is 504 g/mol. The van der Waals surface area contributed by atoms with E-state index in [1.807, 2.05) is 0 Å². The number of halogens is 6. The van der Waals surface area contributed by atoms with Crippen molar-refractivity contribution in [2.75, 3.05) is 0 Å². The van der Waals surface area contributed by atoms with Gasteiger partial charge in [0.25, 0.3) is 0 Å². The number of aryl methyl sites for hydroxylation is 1. The van der Waals surface area contributed by atoms with Crippen molar-refractivity contribution in [3.63, 3.8) is 0 Å². The minimum Gasteiger partial charge on any atom is -0.422 e. The SMILES string of the molecule is FC(F)(F)CCCn1nc(Br)c2cc(Br)cc(Oc3ncc(Cl)cn3)c21. The number of fused-ring (bicyclic) bond motifs is 1. The van der Waals surface area contributed by atoms with Gasteiger partial charge in [0.1, 0.15) is 10.1 Å². The van der Waals surface area contributed by atoms with Gasteiger partial charge in [-0.1, -0.05) is 27.5 Å². The Kier molecular flexibility index (Phi) is 5.73. The third-order valence-electron chi connectivity index (χ3n) is 3.36. The largest absolute Gasteiger partial charge is 0.422 e. The first-order valence-corrected chi connectivity index (χ1v) is 9.27. The fourth-order valence-electron chi connectivity index (χ4n) is 2.33.